The van der Waals surface area contributed by atoms with E-state index in [0.29, 0.717) is 56.0 Å². The molecule has 7 rings (SSSR count). The van der Waals surface area contributed by atoms with Crippen LogP contribution in [0.25, 0.3) is 39.5 Å². The van der Waals surface area contributed by atoms with Gasteiger partial charge in [0.15, 0.2) is 16.8 Å². The molecule has 3 amide bonds. The molecule has 3 aromatic carbocycles. The molecule has 0 fully saturated rings. The van der Waals surface area contributed by atoms with Crippen molar-refractivity contribution >= 4 is 57.8 Å². The Morgan fingerprint density at radius 2 is 1.76 bits per heavy atom. The van der Waals surface area contributed by atoms with Crippen molar-refractivity contribution in [3.05, 3.63) is 108 Å². The average Bonchev–Trinajstić information content (AvgIpc) is 3.63. The van der Waals surface area contributed by atoms with Crippen molar-refractivity contribution in [1.29, 1.82) is 0 Å². The molecular weight excluding hydrogens is 646 g/mol. The third-order valence-corrected chi connectivity index (χ3v) is 9.24. The lowest BCUT2D eigenvalue weighted by molar-refractivity contribution is -0.117. The van der Waals surface area contributed by atoms with Crippen LogP contribution in [0, 0.1) is 5.82 Å². The fourth-order valence-electron chi connectivity index (χ4n) is 5.88. The van der Waals surface area contributed by atoms with Gasteiger partial charge in [0.05, 0.1) is 22.5 Å². The number of nitrogen functional groups attached to an aromatic ring is 1. The standard InChI is InChI=1S/C35H28FN9O3S/c1-18(46)41-22-5-2-4-20(14-22)26-11-12-27-34(42-26)45(33(43-27)24-6-3-13-40-30(24)37)23-9-7-19(8-10-23)17-44-29-25(31(38)47)15-21(36)16-28(29)49-35(44)32(39)48/h2-16,35H,17H2,1H3,(H2,37,40)(H2,38,47)(H2,39,48)(H,41,46). The molecule has 3 aromatic heterocycles. The Bertz CT molecular complexity index is 2310. The number of pyridine rings is 2. The number of aromatic nitrogens is 4. The van der Waals surface area contributed by atoms with E-state index in [2.05, 4.69) is 10.3 Å². The second kappa shape index (κ2) is 12.4. The maximum atomic E-state index is 14.3. The molecule has 0 saturated heterocycles. The van der Waals surface area contributed by atoms with Crippen LogP contribution in [0.4, 0.5) is 21.6 Å². The molecule has 4 heterocycles. The normalized spacial score (nSPS) is 13.8. The molecule has 12 nitrogen and oxygen atoms in total. The highest BCUT2D eigenvalue weighted by Gasteiger charge is 2.37. The minimum absolute atomic E-state index is 0.0315. The van der Waals surface area contributed by atoms with Crippen LogP contribution in [0.1, 0.15) is 22.8 Å². The van der Waals surface area contributed by atoms with Gasteiger partial charge in [-0.25, -0.2) is 19.3 Å². The summed E-state index contributed by atoms with van der Waals surface area (Å²) >= 11 is 1.07. The summed E-state index contributed by atoms with van der Waals surface area (Å²) in [5.74, 6) is -1.45. The Kier molecular flexibility index (Phi) is 7.92. The molecule has 0 spiro atoms. The number of nitrogens with one attached hydrogen (secondary N) is 1. The van der Waals surface area contributed by atoms with E-state index < -0.39 is 23.0 Å². The maximum absolute atomic E-state index is 14.3. The lowest BCUT2D eigenvalue weighted by Gasteiger charge is -2.26. The number of halogens is 1. The predicted octanol–water partition coefficient (Wildman–Crippen LogP) is 4.85. The molecule has 0 bridgehead atoms. The summed E-state index contributed by atoms with van der Waals surface area (Å²) in [4.78, 5) is 52.6. The number of thioether (sulfide) groups is 1. The van der Waals surface area contributed by atoms with E-state index in [4.69, 9.17) is 27.2 Å². The van der Waals surface area contributed by atoms with Gasteiger partial charge in [-0.2, -0.15) is 0 Å². The molecule has 244 valence electrons. The van der Waals surface area contributed by atoms with E-state index in [1.807, 2.05) is 65.2 Å². The second-order valence-electron chi connectivity index (χ2n) is 11.3. The lowest BCUT2D eigenvalue weighted by atomic mass is 10.1. The van der Waals surface area contributed by atoms with Crippen LogP contribution in [0.3, 0.4) is 0 Å². The van der Waals surface area contributed by atoms with Crippen molar-refractivity contribution in [3.8, 4) is 28.3 Å². The van der Waals surface area contributed by atoms with Crippen molar-refractivity contribution in [2.24, 2.45) is 11.5 Å². The minimum atomic E-state index is -0.876. The fraction of sp³-hybridized carbons (Fsp3) is 0.0857. The number of carbonyl (C=O) groups is 3. The molecule has 49 heavy (non-hydrogen) atoms. The molecule has 0 radical (unpaired) electrons. The third-order valence-electron chi connectivity index (χ3n) is 7.97. The Hall–Kier alpha value is -6.28. The fourth-order valence-corrected chi connectivity index (χ4v) is 7.06. The summed E-state index contributed by atoms with van der Waals surface area (Å²) in [6.07, 6.45) is 1.60. The summed E-state index contributed by atoms with van der Waals surface area (Å²) in [7, 11) is 0. The number of imidazole rings is 1. The van der Waals surface area contributed by atoms with Gasteiger partial charge in [0.1, 0.15) is 17.2 Å². The monoisotopic (exact) mass is 673 g/mol. The third kappa shape index (κ3) is 5.89. The Morgan fingerprint density at radius 1 is 0.959 bits per heavy atom. The van der Waals surface area contributed by atoms with Crippen molar-refractivity contribution in [1.82, 2.24) is 19.5 Å². The SMILES string of the molecule is CC(=O)Nc1cccc(-c2ccc3nc(-c4cccnc4N)n(-c4ccc(CN5c6c(cc(F)cc6C(N)=O)SC5C(N)=O)cc4)c3n2)c1. The molecule has 0 saturated carbocycles. The number of rotatable bonds is 8. The van der Waals surface area contributed by atoms with Gasteiger partial charge in [0, 0.05) is 41.5 Å². The highest BCUT2D eigenvalue weighted by atomic mass is 32.2. The first-order valence-corrected chi connectivity index (χ1v) is 15.9. The lowest BCUT2D eigenvalue weighted by Crippen LogP contribution is -2.40. The first-order valence-electron chi connectivity index (χ1n) is 15.0. The van der Waals surface area contributed by atoms with Crippen LogP contribution >= 0.6 is 11.8 Å². The molecule has 1 atom stereocenters. The molecule has 0 aliphatic carbocycles. The zero-order valence-electron chi connectivity index (χ0n) is 25.9. The number of fused-ring (bicyclic) bond motifs is 2. The van der Waals surface area contributed by atoms with Crippen molar-refractivity contribution in [3.63, 3.8) is 0 Å². The van der Waals surface area contributed by atoms with E-state index in [1.54, 1.807) is 23.2 Å². The van der Waals surface area contributed by atoms with Crippen LogP contribution in [0.5, 0.6) is 0 Å². The molecule has 1 aliphatic heterocycles. The number of primary amides is 2. The Balaban J connectivity index is 1.31. The molecule has 6 aromatic rings. The van der Waals surface area contributed by atoms with E-state index in [1.165, 1.54) is 13.0 Å². The second-order valence-corrected chi connectivity index (χ2v) is 12.5. The van der Waals surface area contributed by atoms with Gasteiger partial charge in [-0.3, -0.25) is 19.0 Å². The summed E-state index contributed by atoms with van der Waals surface area (Å²) in [6, 6.07) is 24.5. The van der Waals surface area contributed by atoms with Crippen LogP contribution in [-0.2, 0) is 16.1 Å². The zero-order chi connectivity index (χ0) is 34.4. The van der Waals surface area contributed by atoms with Gasteiger partial charge in [-0.05, 0) is 66.2 Å². The van der Waals surface area contributed by atoms with Crippen molar-refractivity contribution < 1.29 is 18.8 Å². The summed E-state index contributed by atoms with van der Waals surface area (Å²) in [5.41, 5.74) is 23.3. The molecule has 7 N–H and O–H groups in total. The van der Waals surface area contributed by atoms with E-state index in [-0.39, 0.29) is 18.0 Å². The molecule has 14 heteroatoms. The number of benzene rings is 3. The van der Waals surface area contributed by atoms with Crippen molar-refractivity contribution in [2.75, 3.05) is 16.0 Å². The topological polar surface area (TPSA) is 188 Å². The number of nitrogens with two attached hydrogens (primary N) is 3. The van der Waals surface area contributed by atoms with E-state index in [0.717, 1.165) is 29.0 Å². The number of amides is 3. The van der Waals surface area contributed by atoms with E-state index in [9.17, 15) is 18.8 Å². The molecule has 1 aliphatic rings. The van der Waals surface area contributed by atoms with Gasteiger partial charge in [-0.1, -0.05) is 36.0 Å². The predicted molar refractivity (Wildman–Crippen MR) is 186 cm³/mol. The first-order chi connectivity index (χ1) is 23.6. The first kappa shape index (κ1) is 31.3. The highest BCUT2D eigenvalue weighted by Crippen LogP contribution is 2.46. The number of anilines is 3. The zero-order valence-corrected chi connectivity index (χ0v) is 26.7. The summed E-state index contributed by atoms with van der Waals surface area (Å²) in [5, 5.41) is 1.93. The van der Waals surface area contributed by atoms with Gasteiger partial charge in [0.2, 0.25) is 5.91 Å². The number of hydrogen-bond donors (Lipinski definition) is 4. The van der Waals surface area contributed by atoms with Crippen LogP contribution in [-0.4, -0.2) is 42.6 Å². The van der Waals surface area contributed by atoms with E-state index >= 15 is 0 Å². The smallest absolute Gasteiger partial charge is 0.251 e. The summed E-state index contributed by atoms with van der Waals surface area (Å²) in [6.45, 7) is 1.63. The van der Waals surface area contributed by atoms with Crippen LogP contribution in [0.15, 0.2) is 96.0 Å². The number of nitrogens with zero attached hydrogens (tertiary/aromatic N) is 5. The van der Waals surface area contributed by atoms with Crippen molar-refractivity contribution in [2.45, 2.75) is 23.7 Å². The Labute approximate surface area is 283 Å². The molecular formula is C35H28FN9O3S. The van der Waals surface area contributed by atoms with Gasteiger partial charge >= 0.3 is 0 Å². The van der Waals surface area contributed by atoms with Crippen LogP contribution in [0.2, 0.25) is 0 Å². The summed E-state index contributed by atoms with van der Waals surface area (Å²) < 4.78 is 16.2. The largest absolute Gasteiger partial charge is 0.383 e. The quantitative estimate of drug-likeness (QED) is 0.175. The van der Waals surface area contributed by atoms with Gasteiger partial charge in [0.25, 0.3) is 11.8 Å². The average molecular weight is 674 g/mol. The maximum Gasteiger partial charge on any atom is 0.251 e. The Morgan fingerprint density at radius 3 is 2.47 bits per heavy atom. The number of hydrogen-bond acceptors (Lipinski definition) is 9. The number of carbonyl (C=O) groups excluding carboxylic acids is 3. The highest BCUT2D eigenvalue weighted by molar-refractivity contribution is 8.01. The van der Waals surface area contributed by atoms with Gasteiger partial charge in [-0.15, -0.1) is 0 Å². The van der Waals surface area contributed by atoms with Gasteiger partial charge < -0.3 is 27.4 Å². The molecule has 1 unspecified atom stereocenters. The van der Waals surface area contributed by atoms with Crippen LogP contribution < -0.4 is 27.4 Å². The minimum Gasteiger partial charge on any atom is -0.383 e.